The van der Waals surface area contributed by atoms with E-state index in [1.807, 2.05) is 6.92 Å². The van der Waals surface area contributed by atoms with Crippen molar-refractivity contribution in [3.63, 3.8) is 0 Å². The van der Waals surface area contributed by atoms with Gasteiger partial charge < -0.3 is 4.90 Å². The smallest absolute Gasteiger partial charge is 0.266 e. The second kappa shape index (κ2) is 5.26. The van der Waals surface area contributed by atoms with Gasteiger partial charge in [-0.2, -0.15) is 0 Å². The van der Waals surface area contributed by atoms with E-state index in [1.54, 1.807) is 11.9 Å². The van der Waals surface area contributed by atoms with Crippen LogP contribution in [-0.2, 0) is 0 Å². The van der Waals surface area contributed by atoms with Gasteiger partial charge >= 0.3 is 0 Å². The van der Waals surface area contributed by atoms with Gasteiger partial charge in [0.1, 0.15) is 4.88 Å². The minimum atomic E-state index is -0.0442. The van der Waals surface area contributed by atoms with Crippen LogP contribution in [0.2, 0.25) is 0 Å². The molecule has 0 fully saturated rings. The van der Waals surface area contributed by atoms with Crippen molar-refractivity contribution in [3.05, 3.63) is 11.1 Å². The number of amides is 1. The number of hydrogen-bond donors (Lipinski definition) is 0. The number of halogens is 1. The van der Waals surface area contributed by atoms with Crippen LogP contribution in [0.1, 0.15) is 23.0 Å². The van der Waals surface area contributed by atoms with Gasteiger partial charge in [0.25, 0.3) is 5.91 Å². The van der Waals surface area contributed by atoms with E-state index in [4.69, 9.17) is 11.6 Å². The first-order valence-corrected chi connectivity index (χ1v) is 5.49. The fourth-order valence-corrected chi connectivity index (χ4v) is 1.53. The molecular weight excluding hydrogens is 222 g/mol. The Bertz CT molecular complexity index is 289. The molecule has 4 nitrogen and oxygen atoms in total. The molecule has 1 aromatic heterocycles. The first-order chi connectivity index (χ1) is 6.61. The molecule has 0 radical (unpaired) electrons. The summed E-state index contributed by atoms with van der Waals surface area (Å²) in [5.41, 5.74) is 0. The van der Waals surface area contributed by atoms with Crippen LogP contribution >= 0.6 is 23.1 Å². The number of carbonyl (C=O) groups excluding carboxylic acids is 1. The molecular formula is C8H12ClN3OS. The summed E-state index contributed by atoms with van der Waals surface area (Å²) in [5.74, 6) is -0.0442. The third-order valence-electron chi connectivity index (χ3n) is 1.78. The zero-order valence-electron chi connectivity index (χ0n) is 8.11. The molecule has 0 N–H and O–H groups in total. The number of alkyl halides is 1. The lowest BCUT2D eigenvalue weighted by atomic mass is 10.3. The van der Waals surface area contributed by atoms with Crippen LogP contribution in [-0.4, -0.2) is 39.4 Å². The Kier molecular flexibility index (Phi) is 4.28. The van der Waals surface area contributed by atoms with Crippen molar-refractivity contribution in [1.29, 1.82) is 0 Å². The summed E-state index contributed by atoms with van der Waals surface area (Å²) in [4.78, 5) is 13.8. The molecule has 1 amide bonds. The highest BCUT2D eigenvalue weighted by molar-refractivity contribution is 7.07. The van der Waals surface area contributed by atoms with Crippen molar-refractivity contribution < 1.29 is 4.79 Å². The van der Waals surface area contributed by atoms with Crippen LogP contribution in [0.4, 0.5) is 0 Å². The standard InChI is InChI=1S/C8H12ClN3OS/c1-6(9)3-4-12(2)8(13)7-5-10-11-14-7/h5-6H,3-4H2,1-2H3. The van der Waals surface area contributed by atoms with Gasteiger partial charge in [-0.25, -0.2) is 0 Å². The molecule has 78 valence electrons. The van der Waals surface area contributed by atoms with Gasteiger partial charge in [0.15, 0.2) is 0 Å². The summed E-state index contributed by atoms with van der Waals surface area (Å²) in [6.07, 6.45) is 2.27. The average Bonchev–Trinajstić information content (AvgIpc) is 2.65. The Balaban J connectivity index is 2.45. The minimum Gasteiger partial charge on any atom is -0.341 e. The van der Waals surface area contributed by atoms with Gasteiger partial charge in [0.2, 0.25) is 0 Å². The van der Waals surface area contributed by atoms with Crippen LogP contribution in [0.5, 0.6) is 0 Å². The van der Waals surface area contributed by atoms with Gasteiger partial charge in [-0.3, -0.25) is 4.79 Å². The Labute approximate surface area is 92.0 Å². The number of hydrogen-bond acceptors (Lipinski definition) is 4. The molecule has 0 aromatic carbocycles. The molecule has 0 spiro atoms. The van der Waals surface area contributed by atoms with Crippen LogP contribution < -0.4 is 0 Å². The molecule has 1 rings (SSSR count). The maximum absolute atomic E-state index is 11.6. The zero-order valence-corrected chi connectivity index (χ0v) is 9.68. The first kappa shape index (κ1) is 11.4. The molecule has 0 aliphatic carbocycles. The Hall–Kier alpha value is -0.680. The Morgan fingerprint density at radius 1 is 1.79 bits per heavy atom. The van der Waals surface area contributed by atoms with Crippen LogP contribution in [0.3, 0.4) is 0 Å². The second-order valence-corrected chi connectivity index (χ2v) is 4.61. The topological polar surface area (TPSA) is 46.1 Å². The van der Waals surface area contributed by atoms with Gasteiger partial charge in [-0.05, 0) is 24.9 Å². The molecule has 0 aliphatic rings. The van der Waals surface area contributed by atoms with Gasteiger partial charge in [-0.15, -0.1) is 16.7 Å². The van der Waals surface area contributed by atoms with Crippen LogP contribution in [0.15, 0.2) is 6.20 Å². The van der Waals surface area contributed by atoms with Gasteiger partial charge in [0, 0.05) is 19.0 Å². The molecule has 0 saturated heterocycles. The van der Waals surface area contributed by atoms with E-state index < -0.39 is 0 Å². The fraction of sp³-hybridized carbons (Fsp3) is 0.625. The molecule has 1 aromatic rings. The molecule has 1 heterocycles. The van der Waals surface area contributed by atoms with E-state index in [0.29, 0.717) is 11.4 Å². The highest BCUT2D eigenvalue weighted by atomic mass is 35.5. The van der Waals surface area contributed by atoms with E-state index in [1.165, 1.54) is 6.20 Å². The third kappa shape index (κ3) is 3.23. The van der Waals surface area contributed by atoms with Crippen LogP contribution in [0, 0.1) is 0 Å². The number of rotatable bonds is 4. The normalized spacial score (nSPS) is 12.5. The summed E-state index contributed by atoms with van der Waals surface area (Å²) >= 11 is 6.90. The fourth-order valence-electron chi connectivity index (χ4n) is 0.923. The Morgan fingerprint density at radius 3 is 3.00 bits per heavy atom. The molecule has 0 aliphatic heterocycles. The maximum atomic E-state index is 11.6. The molecule has 1 unspecified atom stereocenters. The van der Waals surface area contributed by atoms with Gasteiger partial charge in [-0.1, -0.05) is 4.49 Å². The summed E-state index contributed by atoms with van der Waals surface area (Å²) in [6.45, 7) is 2.57. The summed E-state index contributed by atoms with van der Waals surface area (Å²) in [5, 5.41) is 3.70. The van der Waals surface area contributed by atoms with Gasteiger partial charge in [0.05, 0.1) is 6.20 Å². The number of nitrogens with zero attached hydrogens (tertiary/aromatic N) is 3. The zero-order chi connectivity index (χ0) is 10.6. The lowest BCUT2D eigenvalue weighted by Gasteiger charge is -2.16. The predicted molar refractivity (Wildman–Crippen MR) is 56.8 cm³/mol. The first-order valence-electron chi connectivity index (χ1n) is 4.28. The van der Waals surface area contributed by atoms with Crippen molar-refractivity contribution in [2.45, 2.75) is 18.7 Å². The SMILES string of the molecule is CC(Cl)CCN(C)C(=O)c1cnns1. The third-order valence-corrected chi connectivity index (χ3v) is 2.65. The van der Waals surface area contributed by atoms with Crippen LogP contribution in [0.25, 0.3) is 0 Å². The van der Waals surface area contributed by atoms with E-state index in [0.717, 1.165) is 18.0 Å². The minimum absolute atomic E-state index is 0.0442. The summed E-state index contributed by atoms with van der Waals surface area (Å²) in [6, 6.07) is 0. The highest BCUT2D eigenvalue weighted by Gasteiger charge is 2.13. The van der Waals surface area contributed by atoms with Crippen molar-refractivity contribution in [2.75, 3.05) is 13.6 Å². The monoisotopic (exact) mass is 233 g/mol. The molecule has 0 saturated carbocycles. The second-order valence-electron chi connectivity index (χ2n) is 3.08. The van der Waals surface area contributed by atoms with Crippen molar-refractivity contribution in [1.82, 2.24) is 14.5 Å². The van der Waals surface area contributed by atoms with Crippen molar-refractivity contribution in [2.24, 2.45) is 0 Å². The summed E-state index contributed by atoms with van der Waals surface area (Å²) < 4.78 is 3.64. The average molecular weight is 234 g/mol. The molecule has 1 atom stereocenters. The molecule has 0 bridgehead atoms. The van der Waals surface area contributed by atoms with Crippen molar-refractivity contribution >= 4 is 29.0 Å². The van der Waals surface area contributed by atoms with E-state index in [9.17, 15) is 4.79 Å². The quantitative estimate of drug-likeness (QED) is 0.743. The molecule has 6 heteroatoms. The summed E-state index contributed by atoms with van der Waals surface area (Å²) in [7, 11) is 1.75. The number of carbonyl (C=O) groups is 1. The van der Waals surface area contributed by atoms with E-state index in [-0.39, 0.29) is 11.3 Å². The largest absolute Gasteiger partial charge is 0.341 e. The maximum Gasteiger partial charge on any atom is 0.266 e. The lowest BCUT2D eigenvalue weighted by molar-refractivity contribution is 0.0798. The molecule has 14 heavy (non-hydrogen) atoms. The predicted octanol–water partition coefficient (Wildman–Crippen LogP) is 1.63. The number of aromatic nitrogens is 2. The highest BCUT2D eigenvalue weighted by Crippen LogP contribution is 2.08. The van der Waals surface area contributed by atoms with E-state index >= 15 is 0 Å². The Morgan fingerprint density at radius 2 is 2.50 bits per heavy atom. The van der Waals surface area contributed by atoms with Crippen molar-refractivity contribution in [3.8, 4) is 0 Å². The van der Waals surface area contributed by atoms with E-state index in [2.05, 4.69) is 9.59 Å². The lowest BCUT2D eigenvalue weighted by Crippen LogP contribution is -2.28.